The Morgan fingerprint density at radius 1 is 1.24 bits per heavy atom. The maximum absolute atomic E-state index is 14.3. The van der Waals surface area contributed by atoms with Gasteiger partial charge in [-0.05, 0) is 37.6 Å². The summed E-state index contributed by atoms with van der Waals surface area (Å²) in [6.45, 7) is 2.53. The van der Waals surface area contributed by atoms with Gasteiger partial charge in [0.2, 0.25) is 0 Å². The summed E-state index contributed by atoms with van der Waals surface area (Å²) in [4.78, 5) is 4.33. The fraction of sp³-hybridized carbons (Fsp3) is 0.250. The summed E-state index contributed by atoms with van der Waals surface area (Å²) in [5, 5.41) is 19.2. The number of benzene rings is 1. The van der Waals surface area contributed by atoms with E-state index in [1.54, 1.807) is 23.0 Å². The van der Waals surface area contributed by atoms with Crippen molar-refractivity contribution in [2.75, 3.05) is 5.73 Å². The number of anilines is 1. The van der Waals surface area contributed by atoms with E-state index in [0.29, 0.717) is 29.1 Å². The zero-order valence-corrected chi connectivity index (χ0v) is 18.1. The van der Waals surface area contributed by atoms with Gasteiger partial charge < -0.3 is 10.5 Å². The average Bonchev–Trinajstić information content (AvgIpc) is 3.47. The van der Waals surface area contributed by atoms with E-state index < -0.39 is 6.10 Å². The Bertz CT molecular complexity index is 1480. The van der Waals surface area contributed by atoms with Crippen molar-refractivity contribution in [3.05, 3.63) is 65.0 Å². The molecule has 0 saturated carbocycles. The van der Waals surface area contributed by atoms with Crippen molar-refractivity contribution >= 4 is 5.82 Å². The minimum atomic E-state index is -0.523. The Balaban J connectivity index is 1.71. The smallest absolute Gasteiger partial charge is 0.170 e. The van der Waals surface area contributed by atoms with Gasteiger partial charge in [-0.1, -0.05) is 0 Å². The molecule has 0 saturated heterocycles. The highest BCUT2D eigenvalue weighted by Crippen LogP contribution is 2.46. The first-order valence-electron chi connectivity index (χ1n) is 10.7. The summed E-state index contributed by atoms with van der Waals surface area (Å²) in [7, 11) is 1.87. The quantitative estimate of drug-likeness (QED) is 0.443. The highest BCUT2D eigenvalue weighted by Gasteiger charge is 2.36. The lowest BCUT2D eigenvalue weighted by atomic mass is 9.87. The van der Waals surface area contributed by atoms with Crippen LogP contribution in [-0.2, 0) is 13.6 Å². The summed E-state index contributed by atoms with van der Waals surface area (Å²) >= 11 is 0. The van der Waals surface area contributed by atoms with Crippen molar-refractivity contribution in [2.45, 2.75) is 31.9 Å². The highest BCUT2D eigenvalue weighted by atomic mass is 19.1. The largest absolute Gasteiger partial charge is 0.482 e. The summed E-state index contributed by atoms with van der Waals surface area (Å²) in [6.07, 6.45) is 3.93. The number of nitrogens with zero attached hydrogens (tertiary/aromatic N) is 6. The fourth-order valence-electron chi connectivity index (χ4n) is 5.05. The van der Waals surface area contributed by atoms with E-state index in [2.05, 4.69) is 16.2 Å². The van der Waals surface area contributed by atoms with Crippen molar-refractivity contribution in [2.24, 2.45) is 7.05 Å². The third kappa shape index (κ3) is 2.84. The highest BCUT2D eigenvalue weighted by molar-refractivity contribution is 5.77. The molecule has 2 atom stereocenters. The number of hydrogen-bond acceptors (Lipinski definition) is 6. The van der Waals surface area contributed by atoms with Gasteiger partial charge in [0.15, 0.2) is 17.3 Å². The minimum Gasteiger partial charge on any atom is -0.482 e. The van der Waals surface area contributed by atoms with Crippen LogP contribution in [0.5, 0.6) is 5.75 Å². The Hall–Kier alpha value is -4.19. The molecule has 2 bridgehead atoms. The Labute approximate surface area is 189 Å². The fourth-order valence-corrected chi connectivity index (χ4v) is 5.05. The predicted molar refractivity (Wildman–Crippen MR) is 119 cm³/mol. The lowest BCUT2D eigenvalue weighted by molar-refractivity contribution is 0.227. The van der Waals surface area contributed by atoms with Gasteiger partial charge in [-0.15, -0.1) is 0 Å². The minimum absolute atomic E-state index is 0.0344. The van der Waals surface area contributed by atoms with Crippen molar-refractivity contribution in [3.8, 4) is 34.2 Å². The van der Waals surface area contributed by atoms with Crippen molar-refractivity contribution in [1.29, 1.82) is 5.26 Å². The molecule has 9 heteroatoms. The van der Waals surface area contributed by atoms with E-state index in [9.17, 15) is 9.65 Å². The molecule has 0 unspecified atom stereocenters. The molecular weight excluding hydrogens is 421 g/mol. The molecule has 4 aromatic rings. The van der Waals surface area contributed by atoms with E-state index in [-0.39, 0.29) is 17.6 Å². The third-order valence-electron chi connectivity index (χ3n) is 6.47. The van der Waals surface area contributed by atoms with Gasteiger partial charge in [0.1, 0.15) is 18.0 Å². The Kier molecular flexibility index (Phi) is 4.08. The van der Waals surface area contributed by atoms with Crippen LogP contribution in [0, 0.1) is 17.1 Å². The second-order valence-electron chi connectivity index (χ2n) is 8.49. The number of hydrogen-bond donors (Lipinski definition) is 1. The van der Waals surface area contributed by atoms with Crippen LogP contribution < -0.4 is 10.5 Å². The maximum atomic E-state index is 14.3. The van der Waals surface area contributed by atoms with E-state index in [1.807, 2.05) is 24.9 Å². The van der Waals surface area contributed by atoms with Crippen molar-refractivity contribution < 1.29 is 9.13 Å². The molecule has 5 heterocycles. The van der Waals surface area contributed by atoms with Crippen molar-refractivity contribution in [1.82, 2.24) is 24.5 Å². The van der Waals surface area contributed by atoms with Gasteiger partial charge in [-0.3, -0.25) is 9.36 Å². The van der Waals surface area contributed by atoms with Crippen LogP contribution in [0.3, 0.4) is 0 Å². The number of aromatic nitrogens is 5. The topological polar surface area (TPSA) is 108 Å². The number of rotatable bonds is 0. The molecule has 0 radical (unpaired) electrons. The molecule has 0 spiro atoms. The van der Waals surface area contributed by atoms with Gasteiger partial charge >= 0.3 is 0 Å². The average molecular weight is 441 g/mol. The third-order valence-corrected chi connectivity index (χ3v) is 6.47. The zero-order chi connectivity index (χ0) is 22.9. The molecule has 1 aromatic carbocycles. The second kappa shape index (κ2) is 6.90. The number of aryl methyl sites for hydroxylation is 2. The molecule has 2 aliphatic heterocycles. The van der Waals surface area contributed by atoms with E-state index in [4.69, 9.17) is 15.6 Å². The molecule has 0 amide bonds. The monoisotopic (exact) mass is 441 g/mol. The molecule has 0 aliphatic carbocycles. The lowest BCUT2D eigenvalue weighted by Crippen LogP contribution is -2.10. The Morgan fingerprint density at radius 2 is 2.09 bits per heavy atom. The number of nitrogen functional groups attached to an aromatic ring is 1. The van der Waals surface area contributed by atoms with E-state index in [0.717, 1.165) is 34.5 Å². The predicted octanol–water partition coefficient (Wildman–Crippen LogP) is 3.93. The Morgan fingerprint density at radius 3 is 2.91 bits per heavy atom. The van der Waals surface area contributed by atoms with E-state index >= 15 is 0 Å². The molecule has 3 aromatic heterocycles. The molecule has 164 valence electrons. The summed E-state index contributed by atoms with van der Waals surface area (Å²) in [5.41, 5.74) is 12.1. The zero-order valence-electron chi connectivity index (χ0n) is 18.1. The van der Waals surface area contributed by atoms with Gasteiger partial charge in [-0.2, -0.15) is 15.5 Å². The van der Waals surface area contributed by atoms with Gasteiger partial charge in [0.05, 0.1) is 11.4 Å². The first kappa shape index (κ1) is 19.5. The standard InChI is InChI=1S/C24H20FN7O/c1-12-17-8-14(25)3-4-15(17)22-18(11-31(2)30-22)16-5-6-32-23(16)21(19(9-26)29-32)13-7-20(33-12)24(27)28-10-13/h3-4,7-8,10-12,16H,5-6H2,1-2H3,(H2,27,28)/t12-,16-/m1/s1. The van der Waals surface area contributed by atoms with Gasteiger partial charge in [0.25, 0.3) is 0 Å². The molecular formula is C24H20FN7O. The SMILES string of the molecule is C[C@H]1Oc2cc(cnc2N)-c2c(C#N)nn3c2[C@H](CC3)c2cn(C)nc2-c2ccc(F)cc21. The maximum Gasteiger partial charge on any atom is 0.170 e. The summed E-state index contributed by atoms with van der Waals surface area (Å²) in [6, 6.07) is 8.68. The molecule has 8 nitrogen and oxygen atoms in total. The first-order valence-corrected chi connectivity index (χ1v) is 10.7. The molecule has 2 aliphatic rings. The molecule has 0 fully saturated rings. The van der Waals surface area contributed by atoms with Crippen molar-refractivity contribution in [3.63, 3.8) is 0 Å². The first-order chi connectivity index (χ1) is 15.9. The van der Waals surface area contributed by atoms with Crippen LogP contribution in [0.4, 0.5) is 10.2 Å². The van der Waals surface area contributed by atoms with Crippen LogP contribution in [0.2, 0.25) is 0 Å². The summed E-state index contributed by atoms with van der Waals surface area (Å²) < 4.78 is 24.2. The number of nitriles is 1. The molecule has 2 N–H and O–H groups in total. The second-order valence-corrected chi connectivity index (χ2v) is 8.49. The molecule has 33 heavy (non-hydrogen) atoms. The molecule has 6 rings (SSSR count). The lowest BCUT2D eigenvalue weighted by Gasteiger charge is -2.21. The van der Waals surface area contributed by atoms with Gasteiger partial charge in [-0.25, -0.2) is 9.37 Å². The van der Waals surface area contributed by atoms with Crippen LogP contribution >= 0.6 is 0 Å². The number of pyridine rings is 1. The number of fused-ring (bicyclic) bond motifs is 7. The van der Waals surface area contributed by atoms with Crippen LogP contribution in [-0.4, -0.2) is 24.5 Å². The van der Waals surface area contributed by atoms with E-state index in [1.165, 1.54) is 12.1 Å². The van der Waals surface area contributed by atoms with Crippen LogP contribution in [0.15, 0.2) is 36.7 Å². The summed E-state index contributed by atoms with van der Waals surface area (Å²) in [5.74, 6) is 0.204. The number of nitrogens with two attached hydrogens (primary N) is 1. The van der Waals surface area contributed by atoms with Gasteiger partial charge in [0, 0.05) is 59.7 Å². The van der Waals surface area contributed by atoms with Crippen LogP contribution in [0.25, 0.3) is 22.4 Å². The normalized spacial score (nSPS) is 18.2. The number of halogens is 1. The number of ether oxygens (including phenoxy) is 1. The van der Waals surface area contributed by atoms with Crippen LogP contribution in [0.1, 0.15) is 47.9 Å².